The number of methoxy groups -OCH3 is 1. The van der Waals surface area contributed by atoms with Crippen LogP contribution in [0.1, 0.15) is 23.5 Å². The minimum atomic E-state index is -0.447. The number of fused-ring (bicyclic) bond motifs is 1. The lowest BCUT2D eigenvalue weighted by molar-refractivity contribution is 0.0602. The van der Waals surface area contributed by atoms with Crippen LogP contribution in [0.5, 0.6) is 11.5 Å². The standard InChI is InChI=1S/C21H22N2O5S/c1-4-27-15-9-6-13(7-10-15)22-21(25)23-14-8-11-17-16(12-14)18(28-5-2)19(29-17)20(24)26-3/h6-12H,4-5H2,1-3H3,(H2,22,23,25). The average Bonchev–Trinajstić information content (AvgIpc) is 3.07. The average molecular weight is 414 g/mol. The number of esters is 1. The number of nitrogens with one attached hydrogen (secondary N) is 2. The maximum absolute atomic E-state index is 12.3. The maximum atomic E-state index is 12.3. The molecule has 0 bridgehead atoms. The van der Waals surface area contributed by atoms with Crippen LogP contribution in [0.2, 0.25) is 0 Å². The molecule has 0 aliphatic heterocycles. The SMILES string of the molecule is CCOc1ccc(NC(=O)Nc2ccc3sc(C(=O)OC)c(OCC)c3c2)cc1. The van der Waals surface area contributed by atoms with Crippen molar-refractivity contribution in [1.29, 1.82) is 0 Å². The predicted molar refractivity (Wildman–Crippen MR) is 115 cm³/mol. The molecule has 152 valence electrons. The fourth-order valence-corrected chi connectivity index (χ4v) is 3.81. The largest absolute Gasteiger partial charge is 0.494 e. The summed E-state index contributed by atoms with van der Waals surface area (Å²) < 4.78 is 16.8. The molecule has 8 heteroatoms. The Hall–Kier alpha value is -3.26. The van der Waals surface area contributed by atoms with Crippen LogP contribution in [0.15, 0.2) is 42.5 Å². The number of carbonyl (C=O) groups excluding carboxylic acids is 2. The molecule has 7 nitrogen and oxygen atoms in total. The van der Waals surface area contributed by atoms with Gasteiger partial charge in [0, 0.05) is 21.5 Å². The number of carbonyl (C=O) groups is 2. The third-order valence-electron chi connectivity index (χ3n) is 3.98. The van der Waals surface area contributed by atoms with E-state index in [9.17, 15) is 9.59 Å². The molecule has 0 saturated heterocycles. The fraction of sp³-hybridized carbons (Fsp3) is 0.238. The second-order valence-electron chi connectivity index (χ2n) is 5.93. The number of hydrogen-bond donors (Lipinski definition) is 2. The summed E-state index contributed by atoms with van der Waals surface area (Å²) in [7, 11) is 1.33. The number of rotatable bonds is 7. The second-order valence-corrected chi connectivity index (χ2v) is 6.98. The van der Waals surface area contributed by atoms with Gasteiger partial charge in [0.05, 0.1) is 20.3 Å². The van der Waals surface area contributed by atoms with Gasteiger partial charge in [0.25, 0.3) is 0 Å². The molecule has 0 saturated carbocycles. The van der Waals surface area contributed by atoms with Crippen LogP contribution in [-0.4, -0.2) is 32.3 Å². The predicted octanol–water partition coefficient (Wildman–Crippen LogP) is 5.13. The molecule has 1 heterocycles. The van der Waals surface area contributed by atoms with Gasteiger partial charge in [-0.15, -0.1) is 11.3 Å². The summed E-state index contributed by atoms with van der Waals surface area (Å²) >= 11 is 1.29. The normalized spacial score (nSPS) is 10.4. The highest BCUT2D eigenvalue weighted by atomic mass is 32.1. The second kappa shape index (κ2) is 9.29. The Morgan fingerprint density at radius 1 is 0.931 bits per heavy atom. The van der Waals surface area contributed by atoms with E-state index < -0.39 is 5.97 Å². The molecule has 3 aromatic rings. The first-order valence-electron chi connectivity index (χ1n) is 9.14. The van der Waals surface area contributed by atoms with E-state index in [1.807, 2.05) is 19.9 Å². The van der Waals surface area contributed by atoms with Gasteiger partial charge in [-0.1, -0.05) is 0 Å². The first-order chi connectivity index (χ1) is 14.0. The molecule has 0 fully saturated rings. The van der Waals surface area contributed by atoms with Crippen molar-refractivity contribution in [3.8, 4) is 11.5 Å². The molecule has 1 aromatic heterocycles. The van der Waals surface area contributed by atoms with Crippen molar-refractivity contribution in [2.75, 3.05) is 31.0 Å². The summed E-state index contributed by atoms with van der Waals surface area (Å²) in [6.07, 6.45) is 0. The lowest BCUT2D eigenvalue weighted by Gasteiger charge is -2.09. The fourth-order valence-electron chi connectivity index (χ4n) is 2.76. The van der Waals surface area contributed by atoms with E-state index in [-0.39, 0.29) is 6.03 Å². The van der Waals surface area contributed by atoms with E-state index >= 15 is 0 Å². The number of ether oxygens (including phenoxy) is 3. The molecule has 2 N–H and O–H groups in total. The van der Waals surface area contributed by atoms with E-state index in [2.05, 4.69) is 10.6 Å². The molecule has 2 aromatic carbocycles. The summed E-state index contributed by atoms with van der Waals surface area (Å²) in [4.78, 5) is 24.8. The smallest absolute Gasteiger partial charge is 0.351 e. The van der Waals surface area contributed by atoms with Crippen LogP contribution in [0.3, 0.4) is 0 Å². The lowest BCUT2D eigenvalue weighted by Crippen LogP contribution is -2.19. The van der Waals surface area contributed by atoms with Crippen LogP contribution in [0.25, 0.3) is 10.1 Å². The quantitative estimate of drug-likeness (QED) is 0.524. The van der Waals surface area contributed by atoms with Gasteiger partial charge >= 0.3 is 12.0 Å². The van der Waals surface area contributed by atoms with Gasteiger partial charge < -0.3 is 24.8 Å². The van der Waals surface area contributed by atoms with E-state index in [1.54, 1.807) is 36.4 Å². The molecular weight excluding hydrogens is 392 g/mol. The molecular formula is C21H22N2O5S. The zero-order valence-corrected chi connectivity index (χ0v) is 17.2. The van der Waals surface area contributed by atoms with Crippen molar-refractivity contribution in [1.82, 2.24) is 0 Å². The zero-order valence-electron chi connectivity index (χ0n) is 16.4. The molecule has 0 unspecified atom stereocenters. The number of benzene rings is 2. The third kappa shape index (κ3) is 4.78. The molecule has 0 aliphatic carbocycles. The minimum Gasteiger partial charge on any atom is -0.494 e. The molecule has 3 rings (SSSR count). The van der Waals surface area contributed by atoms with Crippen LogP contribution in [-0.2, 0) is 4.74 Å². The topological polar surface area (TPSA) is 85.9 Å². The van der Waals surface area contributed by atoms with E-state index in [0.717, 1.165) is 15.8 Å². The number of hydrogen-bond acceptors (Lipinski definition) is 6. The Balaban J connectivity index is 1.78. The van der Waals surface area contributed by atoms with Crippen molar-refractivity contribution >= 4 is 44.8 Å². The van der Waals surface area contributed by atoms with Crippen LogP contribution < -0.4 is 20.1 Å². The summed E-state index contributed by atoms with van der Waals surface area (Å²) in [6, 6.07) is 12.1. The van der Waals surface area contributed by atoms with E-state index in [4.69, 9.17) is 14.2 Å². The van der Waals surface area contributed by atoms with E-state index in [1.165, 1.54) is 18.4 Å². The monoisotopic (exact) mass is 414 g/mol. The molecule has 0 radical (unpaired) electrons. The summed E-state index contributed by atoms with van der Waals surface area (Å²) in [5.74, 6) is 0.763. The van der Waals surface area contributed by atoms with E-state index in [0.29, 0.717) is 35.2 Å². The molecule has 0 aliphatic rings. The van der Waals surface area contributed by atoms with Gasteiger partial charge in [-0.3, -0.25) is 0 Å². The Bertz CT molecular complexity index is 1010. The Morgan fingerprint density at radius 2 is 1.59 bits per heavy atom. The summed E-state index contributed by atoms with van der Waals surface area (Å²) in [6.45, 7) is 4.75. The number of urea groups is 1. The molecule has 29 heavy (non-hydrogen) atoms. The molecule has 2 amide bonds. The van der Waals surface area contributed by atoms with Crippen LogP contribution in [0, 0.1) is 0 Å². The Labute approximate surface area is 172 Å². The van der Waals surface area contributed by atoms with Gasteiger partial charge in [0.15, 0.2) is 10.6 Å². The summed E-state index contributed by atoms with van der Waals surface area (Å²) in [5.41, 5.74) is 1.22. The number of anilines is 2. The van der Waals surface area contributed by atoms with Gasteiger partial charge in [-0.25, -0.2) is 9.59 Å². The van der Waals surface area contributed by atoms with Gasteiger partial charge in [-0.2, -0.15) is 0 Å². The first-order valence-corrected chi connectivity index (χ1v) is 9.95. The Morgan fingerprint density at radius 3 is 2.24 bits per heavy atom. The highest BCUT2D eigenvalue weighted by molar-refractivity contribution is 7.21. The van der Waals surface area contributed by atoms with Crippen molar-refractivity contribution in [2.24, 2.45) is 0 Å². The third-order valence-corrected chi connectivity index (χ3v) is 5.12. The van der Waals surface area contributed by atoms with Gasteiger partial charge in [0.2, 0.25) is 0 Å². The maximum Gasteiger partial charge on any atom is 0.351 e. The lowest BCUT2D eigenvalue weighted by atomic mass is 10.2. The minimum absolute atomic E-state index is 0.380. The van der Waals surface area contributed by atoms with Crippen molar-refractivity contribution in [2.45, 2.75) is 13.8 Å². The Kier molecular flexibility index (Phi) is 6.56. The summed E-state index contributed by atoms with van der Waals surface area (Å²) in [5, 5.41) is 6.31. The van der Waals surface area contributed by atoms with Crippen LogP contribution in [0.4, 0.5) is 16.2 Å². The van der Waals surface area contributed by atoms with Crippen LogP contribution >= 0.6 is 11.3 Å². The first kappa shape index (κ1) is 20.5. The number of thiophene rings is 1. The van der Waals surface area contributed by atoms with Crippen molar-refractivity contribution < 1.29 is 23.8 Å². The van der Waals surface area contributed by atoms with Gasteiger partial charge in [-0.05, 0) is 56.3 Å². The molecule has 0 spiro atoms. The highest BCUT2D eigenvalue weighted by Crippen LogP contribution is 2.39. The zero-order chi connectivity index (χ0) is 20.8. The molecule has 0 atom stereocenters. The van der Waals surface area contributed by atoms with Gasteiger partial charge in [0.1, 0.15) is 5.75 Å². The number of amides is 2. The highest BCUT2D eigenvalue weighted by Gasteiger charge is 2.21. The van der Waals surface area contributed by atoms with Crippen molar-refractivity contribution in [3.63, 3.8) is 0 Å². The van der Waals surface area contributed by atoms with Crippen molar-refractivity contribution in [3.05, 3.63) is 47.3 Å².